The van der Waals surface area contributed by atoms with E-state index in [2.05, 4.69) is 15.3 Å². The molecule has 7 nitrogen and oxygen atoms in total. The van der Waals surface area contributed by atoms with Crippen molar-refractivity contribution in [1.29, 1.82) is 0 Å². The summed E-state index contributed by atoms with van der Waals surface area (Å²) in [6.07, 6.45) is 3.26. The highest BCUT2D eigenvalue weighted by atomic mass is 32.1. The van der Waals surface area contributed by atoms with Gasteiger partial charge in [0.2, 0.25) is 5.91 Å². The number of aromatic nitrogens is 2. The first-order chi connectivity index (χ1) is 11.1. The molecule has 0 saturated heterocycles. The molecule has 0 saturated carbocycles. The van der Waals surface area contributed by atoms with Crippen molar-refractivity contribution in [1.82, 2.24) is 20.2 Å². The molecule has 4 rings (SSSR count). The zero-order valence-corrected chi connectivity index (χ0v) is 13.3. The number of aromatic amines is 1. The minimum Gasteiger partial charge on any atom is -0.365 e. The van der Waals surface area contributed by atoms with Gasteiger partial charge in [0, 0.05) is 36.6 Å². The third-order valence-corrected chi connectivity index (χ3v) is 5.67. The molecule has 0 aromatic carbocycles. The van der Waals surface area contributed by atoms with E-state index in [4.69, 9.17) is 5.73 Å². The summed E-state index contributed by atoms with van der Waals surface area (Å²) in [5.41, 5.74) is 8.21. The maximum absolute atomic E-state index is 12.9. The minimum atomic E-state index is -0.405. The van der Waals surface area contributed by atoms with Gasteiger partial charge in [0.1, 0.15) is 6.04 Å². The Morgan fingerprint density at radius 2 is 2.26 bits per heavy atom. The lowest BCUT2D eigenvalue weighted by molar-refractivity contribution is -0.134. The van der Waals surface area contributed by atoms with Crippen LogP contribution in [0.4, 0.5) is 0 Å². The van der Waals surface area contributed by atoms with Crippen LogP contribution in [0, 0.1) is 0 Å². The number of nitrogens with one attached hydrogen (secondary N) is 2. The molecule has 0 fully saturated rings. The highest BCUT2D eigenvalue weighted by Crippen LogP contribution is 2.30. The van der Waals surface area contributed by atoms with Gasteiger partial charge in [-0.05, 0) is 18.1 Å². The van der Waals surface area contributed by atoms with Crippen LogP contribution >= 0.6 is 11.3 Å². The maximum atomic E-state index is 12.9. The van der Waals surface area contributed by atoms with Crippen molar-refractivity contribution < 1.29 is 9.59 Å². The fraction of sp³-hybridized carbons (Fsp3) is 0.400. The van der Waals surface area contributed by atoms with E-state index in [0.29, 0.717) is 18.0 Å². The van der Waals surface area contributed by atoms with Crippen molar-refractivity contribution in [3.05, 3.63) is 39.1 Å². The Balaban J connectivity index is 1.56. The van der Waals surface area contributed by atoms with Gasteiger partial charge in [0.05, 0.1) is 16.9 Å². The Kier molecular flexibility index (Phi) is 3.42. The number of fused-ring (bicyclic) bond motifs is 2. The van der Waals surface area contributed by atoms with Gasteiger partial charge in [0.25, 0.3) is 5.91 Å². The predicted octanol–water partition coefficient (Wildman–Crippen LogP) is 0.342. The second kappa shape index (κ2) is 5.47. The molecular weight excluding hydrogens is 314 g/mol. The van der Waals surface area contributed by atoms with Gasteiger partial charge in [-0.25, -0.2) is 4.98 Å². The van der Waals surface area contributed by atoms with Crippen molar-refractivity contribution in [2.24, 2.45) is 5.73 Å². The summed E-state index contributed by atoms with van der Waals surface area (Å²) in [6, 6.07) is 1.43. The van der Waals surface area contributed by atoms with E-state index in [9.17, 15) is 9.59 Å². The number of carbonyl (C=O) groups is 2. The summed E-state index contributed by atoms with van der Waals surface area (Å²) in [5.74, 6) is -0.368. The summed E-state index contributed by atoms with van der Waals surface area (Å²) in [5, 5.41) is 3.26. The number of amides is 2. The highest BCUT2D eigenvalue weighted by Gasteiger charge is 2.33. The lowest BCUT2D eigenvalue weighted by Crippen LogP contribution is -2.45. The molecule has 0 radical (unpaired) electrons. The van der Waals surface area contributed by atoms with E-state index >= 15 is 0 Å². The molecule has 4 N–H and O–H groups in total. The van der Waals surface area contributed by atoms with E-state index in [-0.39, 0.29) is 11.9 Å². The van der Waals surface area contributed by atoms with Gasteiger partial charge < -0.3 is 20.9 Å². The number of rotatable bonds is 2. The first-order valence-electron chi connectivity index (χ1n) is 7.59. The largest absolute Gasteiger partial charge is 0.365 e. The van der Waals surface area contributed by atoms with Gasteiger partial charge in [-0.15, -0.1) is 11.3 Å². The molecule has 2 aliphatic heterocycles. The minimum absolute atomic E-state index is 0.0375. The van der Waals surface area contributed by atoms with Crippen LogP contribution in [0.1, 0.15) is 37.5 Å². The van der Waals surface area contributed by atoms with Gasteiger partial charge in [-0.1, -0.05) is 0 Å². The lowest BCUT2D eigenvalue weighted by atomic mass is 10.0. The van der Waals surface area contributed by atoms with E-state index in [1.54, 1.807) is 6.33 Å². The third kappa shape index (κ3) is 2.43. The molecule has 2 amide bonds. The van der Waals surface area contributed by atoms with Crippen molar-refractivity contribution in [3.8, 4) is 0 Å². The van der Waals surface area contributed by atoms with E-state index in [1.807, 2.05) is 11.0 Å². The second-order valence-electron chi connectivity index (χ2n) is 5.84. The van der Waals surface area contributed by atoms with Crippen molar-refractivity contribution in [3.63, 3.8) is 0 Å². The summed E-state index contributed by atoms with van der Waals surface area (Å²) in [6.45, 7) is 1.94. The smallest absolute Gasteiger partial charge is 0.258 e. The molecule has 4 heterocycles. The first kappa shape index (κ1) is 14.4. The van der Waals surface area contributed by atoms with Crippen molar-refractivity contribution in [2.45, 2.75) is 25.4 Å². The number of thiophene rings is 1. The summed E-state index contributed by atoms with van der Waals surface area (Å²) < 4.78 is 0. The van der Waals surface area contributed by atoms with Gasteiger partial charge in [-0.2, -0.15) is 0 Å². The molecule has 0 aliphatic carbocycles. The van der Waals surface area contributed by atoms with Crippen LogP contribution in [0.2, 0.25) is 0 Å². The van der Waals surface area contributed by atoms with Crippen LogP contribution in [0.15, 0.2) is 12.4 Å². The number of nitrogens with zero attached hydrogens (tertiary/aromatic N) is 2. The first-order valence-corrected chi connectivity index (χ1v) is 8.41. The van der Waals surface area contributed by atoms with Gasteiger partial charge in [0.15, 0.2) is 0 Å². The van der Waals surface area contributed by atoms with Crippen molar-refractivity contribution >= 4 is 23.2 Å². The van der Waals surface area contributed by atoms with Crippen molar-refractivity contribution in [2.75, 3.05) is 13.1 Å². The molecular formula is C15H17N5O2S. The van der Waals surface area contributed by atoms with Crippen LogP contribution in [0.3, 0.4) is 0 Å². The average molecular weight is 331 g/mol. The van der Waals surface area contributed by atoms with Gasteiger partial charge in [-0.3, -0.25) is 9.59 Å². The number of imidazole rings is 1. The number of hydrogen-bond acceptors (Lipinski definition) is 5. The summed E-state index contributed by atoms with van der Waals surface area (Å²) >= 11 is 1.44. The van der Waals surface area contributed by atoms with E-state index in [1.165, 1.54) is 11.3 Å². The molecule has 1 atom stereocenters. The van der Waals surface area contributed by atoms with E-state index < -0.39 is 5.91 Å². The maximum Gasteiger partial charge on any atom is 0.258 e. The van der Waals surface area contributed by atoms with Gasteiger partial charge >= 0.3 is 0 Å². The van der Waals surface area contributed by atoms with Crippen LogP contribution in [0.5, 0.6) is 0 Å². The second-order valence-corrected chi connectivity index (χ2v) is 6.97. The molecule has 1 unspecified atom stereocenters. The fourth-order valence-corrected chi connectivity index (χ4v) is 4.26. The quantitative estimate of drug-likeness (QED) is 0.738. The molecule has 2 aromatic heterocycles. The number of H-pyrrole nitrogens is 1. The predicted molar refractivity (Wildman–Crippen MR) is 85.0 cm³/mol. The van der Waals surface area contributed by atoms with Crippen LogP contribution in [-0.2, 0) is 24.2 Å². The topological polar surface area (TPSA) is 104 Å². The van der Waals surface area contributed by atoms with Crippen LogP contribution < -0.4 is 11.1 Å². The molecule has 2 aliphatic rings. The Bertz CT molecular complexity index is 781. The highest BCUT2D eigenvalue weighted by molar-refractivity contribution is 7.14. The van der Waals surface area contributed by atoms with E-state index in [0.717, 1.165) is 41.2 Å². The van der Waals surface area contributed by atoms with Crippen LogP contribution in [0.25, 0.3) is 0 Å². The summed E-state index contributed by atoms with van der Waals surface area (Å²) in [4.78, 5) is 35.2. The molecule has 8 heteroatoms. The average Bonchev–Trinajstić information content (AvgIpc) is 3.19. The molecule has 0 spiro atoms. The lowest BCUT2D eigenvalue weighted by Gasteiger charge is -2.32. The molecule has 0 bridgehead atoms. The molecule has 23 heavy (non-hydrogen) atoms. The van der Waals surface area contributed by atoms with Crippen LogP contribution in [-0.4, -0.2) is 39.8 Å². The molecule has 120 valence electrons. The zero-order chi connectivity index (χ0) is 16.0. The number of primary amides is 1. The fourth-order valence-electron chi connectivity index (χ4n) is 3.25. The number of hydrogen-bond donors (Lipinski definition) is 3. The summed E-state index contributed by atoms with van der Waals surface area (Å²) in [7, 11) is 0. The third-order valence-electron chi connectivity index (χ3n) is 4.42. The number of carbonyl (C=O) groups excluding carboxylic acids is 2. The standard InChI is InChI=1S/C15H17N5O2S/c16-14(21)11-5-8-6-20(4-2-10(8)23-11)15(22)13-12-9(1-3-17-13)18-7-19-12/h5,7,13,17H,1-4,6H2,(H2,16,21)(H,18,19). The Morgan fingerprint density at radius 3 is 3.09 bits per heavy atom. The Labute approximate surface area is 136 Å². The zero-order valence-electron chi connectivity index (χ0n) is 12.5. The SMILES string of the molecule is NC(=O)c1cc2c(s1)CCN(C(=O)C1NCCc3[nH]cnc31)C2. The Morgan fingerprint density at radius 1 is 1.39 bits per heavy atom. The monoisotopic (exact) mass is 331 g/mol. The normalized spacial score (nSPS) is 20.0. The molecule has 2 aromatic rings. The number of nitrogens with two attached hydrogens (primary N) is 1. The Hall–Kier alpha value is -2.19.